The standard InChI is InChI=1S/C4H9INO/c1-2-3-6(7)4-5/h2-4H2,1H3/q-1. The minimum absolute atomic E-state index is 0.589. The van der Waals surface area contributed by atoms with E-state index in [0.29, 0.717) is 11.1 Å². The molecule has 0 saturated heterocycles. The van der Waals surface area contributed by atoms with Crippen molar-refractivity contribution in [3.8, 4) is 0 Å². The second-order valence-electron chi connectivity index (χ2n) is 1.32. The van der Waals surface area contributed by atoms with Gasteiger partial charge in [0.2, 0.25) is 0 Å². The van der Waals surface area contributed by atoms with Crippen LogP contribution >= 0.6 is 22.6 Å². The number of halogens is 1. The van der Waals surface area contributed by atoms with Gasteiger partial charge in [-0.1, -0.05) is 29.5 Å². The van der Waals surface area contributed by atoms with Gasteiger partial charge < -0.3 is 10.3 Å². The van der Waals surface area contributed by atoms with Crippen molar-refractivity contribution in [3.63, 3.8) is 0 Å². The molecule has 2 nitrogen and oxygen atoms in total. The molecule has 7 heavy (non-hydrogen) atoms. The fourth-order valence-corrected chi connectivity index (χ4v) is 0.650. The van der Waals surface area contributed by atoms with E-state index in [1.54, 1.807) is 0 Å². The topological polar surface area (TPSA) is 26.3 Å². The van der Waals surface area contributed by atoms with Crippen LogP contribution in [0.25, 0.3) is 0 Å². The van der Waals surface area contributed by atoms with E-state index in [4.69, 9.17) is 0 Å². The van der Waals surface area contributed by atoms with E-state index < -0.39 is 0 Å². The van der Waals surface area contributed by atoms with Gasteiger partial charge >= 0.3 is 0 Å². The molecule has 3 heteroatoms. The summed E-state index contributed by atoms with van der Waals surface area (Å²) in [5.74, 6) is 0. The molecule has 0 unspecified atom stereocenters. The Morgan fingerprint density at radius 2 is 2.29 bits per heavy atom. The third-order valence-corrected chi connectivity index (χ3v) is 1.37. The van der Waals surface area contributed by atoms with Gasteiger partial charge in [0, 0.05) is 4.55 Å². The number of hydrogen-bond acceptors (Lipinski definition) is 2. The van der Waals surface area contributed by atoms with Crippen LogP contribution in [0.3, 0.4) is 0 Å². The molecule has 0 spiro atoms. The molecule has 0 rings (SSSR count). The molecule has 0 aliphatic heterocycles. The predicted octanol–water partition coefficient (Wildman–Crippen LogP) is 1.59. The highest BCUT2D eigenvalue weighted by Gasteiger charge is 1.80. The summed E-state index contributed by atoms with van der Waals surface area (Å²) in [6, 6.07) is 0. The van der Waals surface area contributed by atoms with Gasteiger partial charge in [0.05, 0.1) is 0 Å². The van der Waals surface area contributed by atoms with Gasteiger partial charge in [-0.25, -0.2) is 0 Å². The van der Waals surface area contributed by atoms with Crippen LogP contribution in [0.1, 0.15) is 13.3 Å². The normalized spacial score (nSPS) is 10.3. The molecule has 0 aliphatic rings. The summed E-state index contributed by atoms with van der Waals surface area (Å²) >= 11 is 2.05. The number of rotatable bonds is 3. The zero-order valence-corrected chi connectivity index (χ0v) is 6.51. The SMILES string of the molecule is CCCN([O-])CI. The molecule has 0 saturated carbocycles. The van der Waals surface area contributed by atoms with Crippen molar-refractivity contribution in [3.05, 3.63) is 5.21 Å². The molecule has 0 amide bonds. The van der Waals surface area contributed by atoms with Crippen molar-refractivity contribution in [2.75, 3.05) is 11.1 Å². The molecule has 0 radical (unpaired) electrons. The van der Waals surface area contributed by atoms with E-state index in [9.17, 15) is 5.21 Å². The van der Waals surface area contributed by atoms with Gasteiger partial charge in [0.25, 0.3) is 0 Å². The summed E-state index contributed by atoms with van der Waals surface area (Å²) in [5.41, 5.74) is 0. The van der Waals surface area contributed by atoms with Crippen molar-refractivity contribution in [2.45, 2.75) is 13.3 Å². The van der Waals surface area contributed by atoms with Gasteiger partial charge in [-0.05, 0) is 13.0 Å². The Hall–Kier alpha value is 0.650. The Balaban J connectivity index is 2.83. The highest BCUT2D eigenvalue weighted by molar-refractivity contribution is 14.1. The van der Waals surface area contributed by atoms with Crippen LogP contribution in [0.5, 0.6) is 0 Å². The average molecular weight is 214 g/mol. The van der Waals surface area contributed by atoms with Gasteiger partial charge in [0.1, 0.15) is 0 Å². The van der Waals surface area contributed by atoms with Gasteiger partial charge in [0.15, 0.2) is 0 Å². The maximum Gasteiger partial charge on any atom is 0.0391 e. The average Bonchev–Trinajstić information content (AvgIpc) is 1.68. The number of hydrogen-bond donors (Lipinski definition) is 0. The molecule has 0 bridgehead atoms. The van der Waals surface area contributed by atoms with E-state index in [-0.39, 0.29) is 0 Å². The maximum atomic E-state index is 10.3. The Morgan fingerprint density at radius 1 is 1.71 bits per heavy atom. The summed E-state index contributed by atoms with van der Waals surface area (Å²) in [5, 5.41) is 11.4. The van der Waals surface area contributed by atoms with Crippen LogP contribution in [0.15, 0.2) is 0 Å². The Bertz CT molecular complexity index is 42.7. The lowest BCUT2D eigenvalue weighted by Gasteiger charge is -2.23. The molecule has 0 aromatic rings. The number of alkyl halides is 1. The van der Waals surface area contributed by atoms with E-state index in [0.717, 1.165) is 11.5 Å². The summed E-state index contributed by atoms with van der Waals surface area (Å²) < 4.78 is 0.589. The monoisotopic (exact) mass is 214 g/mol. The first-order chi connectivity index (χ1) is 3.31. The first-order valence-corrected chi connectivity index (χ1v) is 3.81. The molecule has 0 heterocycles. The van der Waals surface area contributed by atoms with E-state index in [1.807, 2.05) is 6.92 Å². The minimum Gasteiger partial charge on any atom is -0.785 e. The van der Waals surface area contributed by atoms with Crippen molar-refractivity contribution >= 4 is 22.6 Å². The molecular weight excluding hydrogens is 205 g/mol. The van der Waals surface area contributed by atoms with Crippen LogP contribution < -0.4 is 0 Å². The molecule has 0 aromatic carbocycles. The Kier molecular flexibility index (Phi) is 5.25. The first kappa shape index (κ1) is 7.65. The smallest absolute Gasteiger partial charge is 0.0391 e. The lowest BCUT2D eigenvalue weighted by Crippen LogP contribution is -2.13. The van der Waals surface area contributed by atoms with Crippen LogP contribution in [0, 0.1) is 5.21 Å². The molecule has 0 aliphatic carbocycles. The van der Waals surface area contributed by atoms with E-state index in [2.05, 4.69) is 22.6 Å². The molecule has 44 valence electrons. The Labute approximate surface area is 57.6 Å². The summed E-state index contributed by atoms with van der Waals surface area (Å²) in [6.45, 7) is 2.67. The zero-order chi connectivity index (χ0) is 5.70. The fourth-order valence-electron chi connectivity index (χ4n) is 0.309. The van der Waals surface area contributed by atoms with Crippen molar-refractivity contribution in [1.29, 1.82) is 0 Å². The van der Waals surface area contributed by atoms with Gasteiger partial charge in [-0.2, -0.15) is 0 Å². The highest BCUT2D eigenvalue weighted by Crippen LogP contribution is 1.90. The molecule has 0 atom stereocenters. The quantitative estimate of drug-likeness (QED) is 0.308. The molecule has 0 N–H and O–H groups in total. The molecular formula is C4H9INO-. The maximum absolute atomic E-state index is 10.3. The van der Waals surface area contributed by atoms with E-state index in [1.165, 1.54) is 0 Å². The molecule has 0 aromatic heterocycles. The Morgan fingerprint density at radius 3 is 2.43 bits per heavy atom. The predicted molar refractivity (Wildman–Crippen MR) is 39.3 cm³/mol. The minimum atomic E-state index is 0.589. The largest absolute Gasteiger partial charge is 0.785 e. The number of nitrogens with zero attached hydrogens (tertiary/aromatic N) is 1. The first-order valence-electron chi connectivity index (χ1n) is 2.29. The number of hydroxylamine groups is 2. The van der Waals surface area contributed by atoms with Crippen molar-refractivity contribution in [2.24, 2.45) is 0 Å². The summed E-state index contributed by atoms with van der Waals surface area (Å²) in [7, 11) is 0. The second-order valence-corrected chi connectivity index (χ2v) is 2.01. The second kappa shape index (κ2) is 4.80. The third kappa shape index (κ3) is 4.50. The van der Waals surface area contributed by atoms with Crippen LogP contribution in [-0.4, -0.2) is 16.2 Å². The summed E-state index contributed by atoms with van der Waals surface area (Å²) in [4.78, 5) is 0. The van der Waals surface area contributed by atoms with Crippen LogP contribution in [0.2, 0.25) is 0 Å². The van der Waals surface area contributed by atoms with Crippen LogP contribution in [-0.2, 0) is 0 Å². The van der Waals surface area contributed by atoms with E-state index >= 15 is 0 Å². The van der Waals surface area contributed by atoms with Gasteiger partial charge in [-0.15, -0.1) is 0 Å². The van der Waals surface area contributed by atoms with Crippen molar-refractivity contribution < 1.29 is 0 Å². The highest BCUT2D eigenvalue weighted by atomic mass is 127. The van der Waals surface area contributed by atoms with Crippen molar-refractivity contribution in [1.82, 2.24) is 5.06 Å². The summed E-state index contributed by atoms with van der Waals surface area (Å²) in [6.07, 6.45) is 0.951. The lowest BCUT2D eigenvalue weighted by molar-refractivity contribution is 0.449. The zero-order valence-electron chi connectivity index (χ0n) is 4.35. The third-order valence-electron chi connectivity index (χ3n) is 0.606. The lowest BCUT2D eigenvalue weighted by atomic mass is 10.5. The van der Waals surface area contributed by atoms with Crippen LogP contribution in [0.4, 0.5) is 0 Å². The molecule has 0 fully saturated rings. The van der Waals surface area contributed by atoms with Gasteiger partial charge in [-0.3, -0.25) is 0 Å². The fraction of sp³-hybridized carbons (Fsp3) is 1.00.